The summed E-state index contributed by atoms with van der Waals surface area (Å²) in [6.07, 6.45) is 0. The second kappa shape index (κ2) is 3.25. The molecule has 0 fully saturated rings. The van der Waals surface area contributed by atoms with Crippen molar-refractivity contribution in [3.05, 3.63) is 23.9 Å². The molecule has 0 aliphatic rings. The van der Waals surface area contributed by atoms with Crippen LogP contribution in [0.2, 0.25) is 0 Å². The van der Waals surface area contributed by atoms with E-state index in [0.29, 0.717) is 11.0 Å². The molecule has 0 aliphatic heterocycles. The molecule has 0 amide bonds. The zero-order valence-corrected chi connectivity index (χ0v) is 7.54. The average Bonchev–Trinajstić information content (AvgIpc) is 2.59. The molecule has 2 rings (SSSR count). The number of aromatic hydroxyl groups is 1. The zero-order valence-electron chi connectivity index (χ0n) is 7.54. The number of aliphatic carboxylic acids is 1. The van der Waals surface area contributed by atoms with E-state index in [9.17, 15) is 9.90 Å². The Labute approximate surface area is 83.9 Å². The van der Waals surface area contributed by atoms with Crippen molar-refractivity contribution in [2.75, 3.05) is 0 Å². The summed E-state index contributed by atoms with van der Waals surface area (Å²) in [6.45, 7) is 0. The number of benzene rings is 1. The normalized spacial score (nSPS) is 12.9. The summed E-state index contributed by atoms with van der Waals surface area (Å²) in [7, 11) is 0. The molecule has 0 bridgehead atoms. The third-order valence-corrected chi connectivity index (χ3v) is 2.04. The highest BCUT2D eigenvalue weighted by atomic mass is 16.5. The average molecular weight is 208 g/mol. The second-order valence-corrected chi connectivity index (χ2v) is 3.06. The minimum atomic E-state index is -1.26. The molecule has 1 aromatic heterocycles. The summed E-state index contributed by atoms with van der Waals surface area (Å²) in [6, 6.07) is 3.02. The van der Waals surface area contributed by atoms with Gasteiger partial charge in [-0.15, -0.1) is 0 Å². The summed E-state index contributed by atoms with van der Waals surface area (Å²) in [5.74, 6) is -1.20. The quantitative estimate of drug-likeness (QED) is 0.667. The first kappa shape index (κ1) is 9.47. The van der Waals surface area contributed by atoms with Crippen LogP contribution in [0.15, 0.2) is 22.7 Å². The van der Waals surface area contributed by atoms with Crippen molar-refractivity contribution in [2.45, 2.75) is 6.04 Å². The number of hydrogen-bond acceptors (Lipinski definition) is 5. The highest BCUT2D eigenvalue weighted by molar-refractivity contribution is 5.86. The van der Waals surface area contributed by atoms with E-state index in [1.54, 1.807) is 0 Å². The minimum Gasteiger partial charge on any atom is -0.508 e. The molecule has 6 heteroatoms. The summed E-state index contributed by atoms with van der Waals surface area (Å²) in [5.41, 5.74) is 5.89. The van der Waals surface area contributed by atoms with Gasteiger partial charge in [0.05, 0.1) is 5.39 Å². The van der Waals surface area contributed by atoms with Gasteiger partial charge in [-0.05, 0) is 18.2 Å². The molecule has 0 radical (unpaired) electrons. The minimum absolute atomic E-state index is 0.00420. The molecular weight excluding hydrogens is 200 g/mol. The smallest absolute Gasteiger partial charge is 0.326 e. The second-order valence-electron chi connectivity index (χ2n) is 3.06. The number of phenols is 1. The lowest BCUT2D eigenvalue weighted by molar-refractivity contribution is -0.138. The summed E-state index contributed by atoms with van der Waals surface area (Å²) in [4.78, 5) is 10.7. The number of aromatic nitrogens is 1. The molecule has 4 N–H and O–H groups in total. The van der Waals surface area contributed by atoms with E-state index in [-0.39, 0.29) is 11.4 Å². The molecule has 15 heavy (non-hydrogen) atoms. The fourth-order valence-corrected chi connectivity index (χ4v) is 1.29. The van der Waals surface area contributed by atoms with E-state index < -0.39 is 12.0 Å². The predicted molar refractivity (Wildman–Crippen MR) is 50.2 cm³/mol. The highest BCUT2D eigenvalue weighted by Gasteiger charge is 2.21. The van der Waals surface area contributed by atoms with Crippen molar-refractivity contribution in [3.8, 4) is 5.75 Å². The van der Waals surface area contributed by atoms with Gasteiger partial charge in [-0.2, -0.15) is 0 Å². The Kier molecular flexibility index (Phi) is 2.05. The molecule has 0 saturated carbocycles. The van der Waals surface area contributed by atoms with Crippen molar-refractivity contribution >= 4 is 16.9 Å². The SMILES string of the molecule is N[C@H](C(=O)O)c1noc2ccc(O)cc12. The summed E-state index contributed by atoms with van der Waals surface area (Å²) < 4.78 is 4.87. The number of phenolic OH excluding ortho intramolecular Hbond substituents is 1. The van der Waals surface area contributed by atoms with Gasteiger partial charge in [0.2, 0.25) is 0 Å². The third kappa shape index (κ3) is 1.50. The first-order valence-electron chi connectivity index (χ1n) is 4.16. The maximum Gasteiger partial charge on any atom is 0.326 e. The Morgan fingerprint density at radius 2 is 2.27 bits per heavy atom. The Bertz CT molecular complexity index is 520. The van der Waals surface area contributed by atoms with Crippen LogP contribution in [0.5, 0.6) is 5.75 Å². The monoisotopic (exact) mass is 208 g/mol. The zero-order chi connectivity index (χ0) is 11.0. The highest BCUT2D eigenvalue weighted by Crippen LogP contribution is 2.26. The van der Waals surface area contributed by atoms with Crippen LogP contribution in [0.1, 0.15) is 11.7 Å². The molecule has 1 aromatic carbocycles. The van der Waals surface area contributed by atoms with Gasteiger partial charge >= 0.3 is 5.97 Å². The molecule has 0 unspecified atom stereocenters. The maximum atomic E-state index is 10.7. The molecule has 78 valence electrons. The molecule has 0 saturated heterocycles. The largest absolute Gasteiger partial charge is 0.508 e. The van der Waals surface area contributed by atoms with Gasteiger partial charge in [-0.3, -0.25) is 4.79 Å². The number of carboxylic acid groups (broad SMARTS) is 1. The molecule has 1 atom stereocenters. The topological polar surface area (TPSA) is 110 Å². The number of hydrogen-bond donors (Lipinski definition) is 3. The van der Waals surface area contributed by atoms with Crippen LogP contribution in [-0.2, 0) is 4.79 Å². The maximum absolute atomic E-state index is 10.7. The van der Waals surface area contributed by atoms with Crippen molar-refractivity contribution in [1.82, 2.24) is 5.16 Å². The van der Waals surface area contributed by atoms with Crippen molar-refractivity contribution < 1.29 is 19.5 Å². The van der Waals surface area contributed by atoms with Gasteiger partial charge in [-0.1, -0.05) is 5.16 Å². The van der Waals surface area contributed by atoms with E-state index >= 15 is 0 Å². The van der Waals surface area contributed by atoms with Crippen molar-refractivity contribution in [1.29, 1.82) is 0 Å². The lowest BCUT2D eigenvalue weighted by Crippen LogP contribution is -2.21. The van der Waals surface area contributed by atoms with Crippen LogP contribution in [0, 0.1) is 0 Å². The number of carboxylic acids is 1. The van der Waals surface area contributed by atoms with Crippen LogP contribution >= 0.6 is 0 Å². The van der Waals surface area contributed by atoms with E-state index in [1.807, 2.05) is 0 Å². The van der Waals surface area contributed by atoms with E-state index in [4.69, 9.17) is 15.4 Å². The van der Waals surface area contributed by atoms with Crippen LogP contribution in [0.4, 0.5) is 0 Å². The van der Waals surface area contributed by atoms with Crippen LogP contribution < -0.4 is 5.73 Å². The Balaban J connectivity index is 2.61. The number of nitrogens with two attached hydrogens (primary N) is 1. The third-order valence-electron chi connectivity index (χ3n) is 2.04. The van der Waals surface area contributed by atoms with Crippen molar-refractivity contribution in [2.24, 2.45) is 5.73 Å². The van der Waals surface area contributed by atoms with E-state index in [0.717, 1.165) is 0 Å². The fraction of sp³-hybridized carbons (Fsp3) is 0.111. The van der Waals surface area contributed by atoms with Gasteiger partial charge in [0.15, 0.2) is 11.6 Å². The van der Waals surface area contributed by atoms with Gasteiger partial charge in [0.25, 0.3) is 0 Å². The van der Waals surface area contributed by atoms with E-state index in [2.05, 4.69) is 5.16 Å². The molecule has 0 spiro atoms. The molecular formula is C9H8N2O4. The lowest BCUT2D eigenvalue weighted by Gasteiger charge is -2.01. The molecule has 2 aromatic rings. The fourth-order valence-electron chi connectivity index (χ4n) is 1.29. The number of nitrogens with zero attached hydrogens (tertiary/aromatic N) is 1. The van der Waals surface area contributed by atoms with Crippen LogP contribution in [-0.4, -0.2) is 21.3 Å². The standard InChI is InChI=1S/C9H8N2O4/c10-7(9(13)14)8-5-3-4(12)1-2-6(5)15-11-8/h1-3,7,12H,10H2,(H,13,14)/t7-/m0/s1. The van der Waals surface area contributed by atoms with Gasteiger partial charge in [0.1, 0.15) is 11.4 Å². The number of carbonyl (C=O) groups is 1. The Morgan fingerprint density at radius 3 is 2.93 bits per heavy atom. The first-order chi connectivity index (χ1) is 7.09. The summed E-state index contributed by atoms with van der Waals surface area (Å²) in [5, 5.41) is 21.9. The van der Waals surface area contributed by atoms with E-state index in [1.165, 1.54) is 18.2 Å². The molecule has 1 heterocycles. The number of fused-ring (bicyclic) bond motifs is 1. The first-order valence-corrected chi connectivity index (χ1v) is 4.16. The Hall–Kier alpha value is -2.08. The van der Waals surface area contributed by atoms with Crippen LogP contribution in [0.25, 0.3) is 11.0 Å². The van der Waals surface area contributed by atoms with Crippen LogP contribution in [0.3, 0.4) is 0 Å². The van der Waals surface area contributed by atoms with Gasteiger partial charge in [-0.25, -0.2) is 0 Å². The molecule has 6 nitrogen and oxygen atoms in total. The Morgan fingerprint density at radius 1 is 1.53 bits per heavy atom. The van der Waals surface area contributed by atoms with Gasteiger partial charge in [0, 0.05) is 0 Å². The lowest BCUT2D eigenvalue weighted by atomic mass is 10.1. The van der Waals surface area contributed by atoms with Crippen molar-refractivity contribution in [3.63, 3.8) is 0 Å². The summed E-state index contributed by atoms with van der Waals surface area (Å²) >= 11 is 0. The van der Waals surface area contributed by atoms with Gasteiger partial charge < -0.3 is 20.5 Å². The predicted octanol–water partition coefficient (Wildman–Crippen LogP) is 0.618. The molecule has 0 aliphatic carbocycles. The number of rotatable bonds is 2.